The number of carbonyl (C=O) groups excluding carboxylic acids is 1. The van der Waals surface area contributed by atoms with Gasteiger partial charge in [-0.25, -0.2) is 8.42 Å². The summed E-state index contributed by atoms with van der Waals surface area (Å²) in [5.41, 5.74) is 4.44. The molecule has 0 bridgehead atoms. The highest BCUT2D eigenvalue weighted by molar-refractivity contribution is 7.92. The Hall–Kier alpha value is -4.02. The van der Waals surface area contributed by atoms with Crippen LogP contribution in [0.15, 0.2) is 66.7 Å². The van der Waals surface area contributed by atoms with Gasteiger partial charge in [0.2, 0.25) is 10.0 Å². The van der Waals surface area contributed by atoms with Gasteiger partial charge in [0.15, 0.2) is 11.5 Å². The Morgan fingerprint density at radius 2 is 1.55 bits per heavy atom. The molecule has 2 N–H and O–H groups in total. The van der Waals surface area contributed by atoms with Crippen LogP contribution in [0, 0.1) is 0 Å². The molecule has 0 atom stereocenters. The van der Waals surface area contributed by atoms with Gasteiger partial charge in [0.25, 0.3) is 5.91 Å². The molecule has 0 saturated heterocycles. The largest absolute Gasteiger partial charge is 0.493 e. The van der Waals surface area contributed by atoms with E-state index in [1.807, 2.05) is 49.3 Å². The van der Waals surface area contributed by atoms with Gasteiger partial charge in [-0.15, -0.1) is 0 Å². The molecule has 0 radical (unpaired) electrons. The lowest BCUT2D eigenvalue weighted by molar-refractivity contribution is -0.110. The molecule has 1 heterocycles. The summed E-state index contributed by atoms with van der Waals surface area (Å²) in [4.78, 5) is 15.2. The van der Waals surface area contributed by atoms with E-state index >= 15 is 0 Å². The number of benzene rings is 3. The van der Waals surface area contributed by atoms with Crippen molar-refractivity contribution in [2.75, 3.05) is 62.6 Å². The van der Waals surface area contributed by atoms with Crippen LogP contribution in [-0.2, 0) is 14.8 Å². The molecule has 1 aliphatic heterocycles. The Bertz CT molecular complexity index is 1450. The molecule has 0 aliphatic carbocycles. The molecular formula is C28H32N4O5S. The van der Waals surface area contributed by atoms with E-state index in [0.717, 1.165) is 5.56 Å². The van der Waals surface area contributed by atoms with E-state index in [-0.39, 0.29) is 5.91 Å². The number of likely N-dealkylation sites (N-methyl/N-ethyl adjacent to an activating group) is 1. The second-order valence-electron chi connectivity index (χ2n) is 9.13. The summed E-state index contributed by atoms with van der Waals surface area (Å²) < 4.78 is 37.1. The number of methoxy groups -OCH3 is 2. The predicted molar refractivity (Wildman–Crippen MR) is 152 cm³/mol. The van der Waals surface area contributed by atoms with Gasteiger partial charge in [0.1, 0.15) is 0 Å². The molecule has 38 heavy (non-hydrogen) atoms. The number of hydrogen-bond donors (Lipinski definition) is 2. The third-order valence-corrected chi connectivity index (χ3v) is 7.35. The molecule has 0 fully saturated rings. The van der Waals surface area contributed by atoms with Crippen LogP contribution in [0.25, 0.3) is 11.3 Å². The Morgan fingerprint density at radius 1 is 0.921 bits per heavy atom. The highest BCUT2D eigenvalue weighted by atomic mass is 32.2. The highest BCUT2D eigenvalue weighted by Gasteiger charge is 2.30. The van der Waals surface area contributed by atoms with E-state index in [2.05, 4.69) is 10.6 Å². The second-order valence-corrected chi connectivity index (χ2v) is 11.0. The van der Waals surface area contributed by atoms with Crippen molar-refractivity contribution in [3.8, 4) is 11.5 Å². The van der Waals surface area contributed by atoms with Crippen LogP contribution in [-0.4, -0.2) is 66.9 Å². The number of hydrogen-bond acceptors (Lipinski definition) is 7. The molecule has 1 amide bonds. The lowest BCUT2D eigenvalue weighted by atomic mass is 9.99. The summed E-state index contributed by atoms with van der Waals surface area (Å²) in [6.45, 7) is 0.917. The lowest BCUT2D eigenvalue weighted by Gasteiger charge is -2.24. The van der Waals surface area contributed by atoms with Crippen LogP contribution >= 0.6 is 0 Å². The van der Waals surface area contributed by atoms with E-state index in [4.69, 9.17) is 9.47 Å². The normalized spacial score (nSPS) is 14.1. The summed E-state index contributed by atoms with van der Waals surface area (Å²) in [5, 5.41) is 6.32. The van der Waals surface area contributed by atoms with Crippen LogP contribution < -0.4 is 24.4 Å². The third kappa shape index (κ3) is 5.76. The molecule has 1 aliphatic rings. The zero-order valence-electron chi connectivity index (χ0n) is 22.1. The van der Waals surface area contributed by atoms with E-state index in [1.54, 1.807) is 50.6 Å². The van der Waals surface area contributed by atoms with Gasteiger partial charge in [0.05, 0.1) is 43.1 Å². The van der Waals surface area contributed by atoms with Crippen molar-refractivity contribution in [2.24, 2.45) is 0 Å². The van der Waals surface area contributed by atoms with Gasteiger partial charge < -0.3 is 25.0 Å². The molecule has 4 rings (SSSR count). The number of rotatable bonds is 10. The lowest BCUT2D eigenvalue weighted by Crippen LogP contribution is -2.35. The molecule has 200 valence electrons. The zero-order valence-corrected chi connectivity index (χ0v) is 22.9. The topological polar surface area (TPSA) is 100 Å². The first-order chi connectivity index (χ1) is 18.1. The predicted octanol–water partition coefficient (Wildman–Crippen LogP) is 3.96. The van der Waals surface area contributed by atoms with E-state index < -0.39 is 10.0 Å². The highest BCUT2D eigenvalue weighted by Crippen LogP contribution is 2.43. The maximum atomic E-state index is 13.2. The number of amides is 1. The quantitative estimate of drug-likeness (QED) is 0.378. The zero-order chi connectivity index (χ0) is 27.4. The van der Waals surface area contributed by atoms with Crippen molar-refractivity contribution in [3.63, 3.8) is 0 Å². The van der Waals surface area contributed by atoms with Crippen LogP contribution in [0.1, 0.15) is 11.1 Å². The SMILES string of the molecule is COc1cc2c(cc1OC)C(=C(Nc1ccc(N(CCN(C)C)S(C)(=O)=O)cc1)c1ccccc1)C(=O)N2. The fourth-order valence-corrected chi connectivity index (χ4v) is 5.18. The van der Waals surface area contributed by atoms with E-state index in [0.29, 0.717) is 58.5 Å². The third-order valence-electron chi connectivity index (χ3n) is 6.16. The van der Waals surface area contributed by atoms with Gasteiger partial charge >= 0.3 is 0 Å². The molecule has 9 nitrogen and oxygen atoms in total. The smallest absolute Gasteiger partial charge is 0.258 e. The summed E-state index contributed by atoms with van der Waals surface area (Å²) >= 11 is 0. The average Bonchev–Trinajstić information content (AvgIpc) is 3.21. The number of sulfonamides is 1. The number of nitrogens with zero attached hydrogens (tertiary/aromatic N) is 2. The molecule has 3 aromatic rings. The Labute approximate surface area is 223 Å². The summed E-state index contributed by atoms with van der Waals surface area (Å²) in [5.74, 6) is 0.767. The standard InChI is InChI=1S/C28H32N4O5S/c1-31(2)15-16-32(38(5,34)35)21-13-11-20(12-14-21)29-27(19-9-7-6-8-10-19)26-22-17-24(36-3)25(37-4)18-23(22)30-28(26)33/h6-14,17-18,29H,15-16H2,1-5H3,(H,30,33). The minimum absolute atomic E-state index is 0.259. The number of ether oxygens (including phenoxy) is 2. The molecule has 0 aromatic heterocycles. The van der Waals surface area contributed by atoms with Crippen LogP contribution in [0.3, 0.4) is 0 Å². The summed E-state index contributed by atoms with van der Waals surface area (Å²) in [7, 11) is 3.43. The van der Waals surface area contributed by atoms with Crippen molar-refractivity contribution in [2.45, 2.75) is 0 Å². The van der Waals surface area contributed by atoms with Crippen LogP contribution in [0.2, 0.25) is 0 Å². The van der Waals surface area contributed by atoms with Crippen molar-refractivity contribution in [1.82, 2.24) is 4.90 Å². The first-order valence-electron chi connectivity index (χ1n) is 12.0. The van der Waals surface area contributed by atoms with Gasteiger partial charge in [-0.05, 0) is 50.0 Å². The van der Waals surface area contributed by atoms with E-state index in [9.17, 15) is 13.2 Å². The van der Waals surface area contributed by atoms with Crippen molar-refractivity contribution in [3.05, 3.63) is 77.9 Å². The number of anilines is 3. The fraction of sp³-hybridized carbons (Fsp3) is 0.250. The van der Waals surface area contributed by atoms with Gasteiger partial charge in [-0.2, -0.15) is 0 Å². The van der Waals surface area contributed by atoms with Crippen molar-refractivity contribution in [1.29, 1.82) is 0 Å². The average molecular weight is 537 g/mol. The fourth-order valence-electron chi connectivity index (χ4n) is 4.26. The minimum Gasteiger partial charge on any atom is -0.493 e. The molecule has 3 aromatic carbocycles. The summed E-state index contributed by atoms with van der Waals surface area (Å²) in [6.07, 6.45) is 1.20. The monoisotopic (exact) mass is 536 g/mol. The Kier molecular flexibility index (Phi) is 7.94. The maximum Gasteiger partial charge on any atom is 0.258 e. The molecule has 10 heteroatoms. The molecule has 0 spiro atoms. The number of fused-ring (bicyclic) bond motifs is 1. The first-order valence-corrected chi connectivity index (χ1v) is 13.8. The van der Waals surface area contributed by atoms with Gasteiger partial charge in [-0.3, -0.25) is 9.10 Å². The van der Waals surface area contributed by atoms with E-state index in [1.165, 1.54) is 10.6 Å². The Morgan fingerprint density at radius 3 is 2.13 bits per heavy atom. The van der Waals surface area contributed by atoms with Crippen LogP contribution in [0.5, 0.6) is 11.5 Å². The van der Waals surface area contributed by atoms with Crippen molar-refractivity contribution < 1.29 is 22.7 Å². The Balaban J connectivity index is 1.77. The first kappa shape index (κ1) is 27.0. The molecule has 0 unspecified atom stereocenters. The molecule has 0 saturated carbocycles. The molecular weight excluding hydrogens is 504 g/mol. The number of carbonyl (C=O) groups is 1. The van der Waals surface area contributed by atoms with Gasteiger partial charge in [-0.1, -0.05) is 30.3 Å². The summed E-state index contributed by atoms with van der Waals surface area (Å²) in [6, 6.07) is 20.2. The maximum absolute atomic E-state index is 13.2. The van der Waals surface area contributed by atoms with Crippen molar-refractivity contribution >= 4 is 44.3 Å². The van der Waals surface area contributed by atoms with Crippen LogP contribution in [0.4, 0.5) is 17.1 Å². The minimum atomic E-state index is -3.46. The second kappa shape index (κ2) is 11.2. The number of nitrogens with one attached hydrogen (secondary N) is 2. The van der Waals surface area contributed by atoms with Gasteiger partial charge in [0, 0.05) is 30.4 Å².